The van der Waals surface area contributed by atoms with Crippen LogP contribution in [0, 0.1) is 29.0 Å². The third kappa shape index (κ3) is 4.47. The molecule has 0 saturated heterocycles. The van der Waals surface area contributed by atoms with E-state index < -0.39 is 23.8 Å². The van der Waals surface area contributed by atoms with Crippen LogP contribution < -0.4 is 10.6 Å². The molecule has 0 aliphatic rings. The summed E-state index contributed by atoms with van der Waals surface area (Å²) in [5.41, 5.74) is 2.46. The summed E-state index contributed by atoms with van der Waals surface area (Å²) in [6, 6.07) is 8.42. The van der Waals surface area contributed by atoms with Crippen molar-refractivity contribution in [2.75, 3.05) is 10.6 Å². The minimum absolute atomic E-state index is 0.116. The number of nitrogens with zero attached hydrogens (tertiary/aromatic N) is 6. The molecule has 1 atom stereocenters. The molecule has 0 radical (unpaired) electrons. The van der Waals surface area contributed by atoms with Gasteiger partial charge in [0.1, 0.15) is 11.8 Å². The Morgan fingerprint density at radius 1 is 0.972 bits per heavy atom. The molecule has 4 aromatic heterocycles. The lowest BCUT2D eigenvalue weighted by atomic mass is 10.0. The SMILES string of the molecule is N#Cc1cnc2c(Cl)cc(N[C@@H](c3ccc(F)nc3)c3cn[nH]n3)cc2c1Nc1cnc(F)c(F)c1. The summed E-state index contributed by atoms with van der Waals surface area (Å²) in [7, 11) is 0. The van der Waals surface area contributed by atoms with Crippen LogP contribution in [0.4, 0.5) is 30.2 Å². The van der Waals surface area contributed by atoms with Crippen molar-refractivity contribution >= 4 is 39.6 Å². The van der Waals surface area contributed by atoms with Crippen molar-refractivity contribution in [3.63, 3.8) is 0 Å². The molecule has 178 valence electrons. The Kier molecular flexibility index (Phi) is 6.05. The molecule has 0 aliphatic carbocycles. The maximum absolute atomic E-state index is 13.7. The number of nitriles is 1. The van der Waals surface area contributed by atoms with Crippen LogP contribution in [0.2, 0.25) is 5.02 Å². The zero-order valence-electron chi connectivity index (χ0n) is 18.0. The van der Waals surface area contributed by atoms with Crippen LogP contribution in [0.15, 0.2) is 55.1 Å². The molecule has 4 heterocycles. The van der Waals surface area contributed by atoms with E-state index in [1.807, 2.05) is 6.07 Å². The minimum atomic E-state index is -1.25. The van der Waals surface area contributed by atoms with Crippen LogP contribution in [-0.4, -0.2) is 30.4 Å². The first-order valence-electron chi connectivity index (χ1n) is 10.3. The molecule has 5 rings (SSSR count). The van der Waals surface area contributed by atoms with Gasteiger partial charge in [0.2, 0.25) is 11.9 Å². The van der Waals surface area contributed by atoms with Crippen molar-refractivity contribution in [2.45, 2.75) is 6.04 Å². The molecule has 9 nitrogen and oxygen atoms in total. The molecule has 36 heavy (non-hydrogen) atoms. The molecule has 5 aromatic rings. The number of H-pyrrole nitrogens is 1. The summed E-state index contributed by atoms with van der Waals surface area (Å²) in [5, 5.41) is 27.0. The largest absolute Gasteiger partial charge is 0.373 e. The minimum Gasteiger partial charge on any atom is -0.373 e. The van der Waals surface area contributed by atoms with E-state index in [4.69, 9.17) is 11.6 Å². The first-order chi connectivity index (χ1) is 17.4. The third-order valence-electron chi connectivity index (χ3n) is 5.23. The molecular weight excluding hydrogens is 495 g/mol. The van der Waals surface area contributed by atoms with E-state index in [1.54, 1.807) is 18.2 Å². The number of hydrogen-bond acceptors (Lipinski definition) is 8. The molecular formula is C23H13ClF3N9. The van der Waals surface area contributed by atoms with E-state index in [1.165, 1.54) is 24.7 Å². The van der Waals surface area contributed by atoms with Crippen molar-refractivity contribution in [2.24, 2.45) is 0 Å². The molecule has 0 bridgehead atoms. The number of fused-ring (bicyclic) bond motifs is 1. The number of pyridine rings is 3. The number of aromatic nitrogens is 6. The van der Waals surface area contributed by atoms with Crippen molar-refractivity contribution < 1.29 is 13.2 Å². The Morgan fingerprint density at radius 2 is 1.83 bits per heavy atom. The first-order valence-corrected chi connectivity index (χ1v) is 10.6. The second kappa shape index (κ2) is 9.47. The van der Waals surface area contributed by atoms with Gasteiger partial charge in [0.25, 0.3) is 0 Å². The van der Waals surface area contributed by atoms with Crippen molar-refractivity contribution in [1.82, 2.24) is 30.4 Å². The second-order valence-corrected chi connectivity index (χ2v) is 7.93. The van der Waals surface area contributed by atoms with E-state index in [2.05, 4.69) is 41.0 Å². The Morgan fingerprint density at radius 3 is 2.53 bits per heavy atom. The number of nitrogens with one attached hydrogen (secondary N) is 3. The van der Waals surface area contributed by atoms with Crippen LogP contribution in [0.1, 0.15) is 22.9 Å². The maximum atomic E-state index is 13.7. The Balaban J connectivity index is 1.61. The summed E-state index contributed by atoms with van der Waals surface area (Å²) in [6.45, 7) is 0. The molecule has 0 fully saturated rings. The Bertz CT molecular complexity index is 1600. The highest BCUT2D eigenvalue weighted by molar-refractivity contribution is 6.36. The van der Waals surface area contributed by atoms with E-state index in [9.17, 15) is 18.4 Å². The summed E-state index contributed by atoms with van der Waals surface area (Å²) < 4.78 is 40.5. The van der Waals surface area contributed by atoms with E-state index in [-0.39, 0.29) is 22.0 Å². The first kappa shape index (κ1) is 23.0. The lowest BCUT2D eigenvalue weighted by molar-refractivity contribution is 0.480. The van der Waals surface area contributed by atoms with Crippen LogP contribution in [0.5, 0.6) is 0 Å². The third-order valence-corrected chi connectivity index (χ3v) is 5.52. The fraction of sp³-hybridized carbons (Fsp3) is 0.0435. The topological polar surface area (TPSA) is 128 Å². The predicted octanol–water partition coefficient (Wildman–Crippen LogP) is 5.03. The highest BCUT2D eigenvalue weighted by atomic mass is 35.5. The smallest absolute Gasteiger partial charge is 0.249 e. The van der Waals surface area contributed by atoms with Gasteiger partial charge in [-0.2, -0.15) is 29.5 Å². The molecule has 0 spiro atoms. The molecule has 13 heteroatoms. The van der Waals surface area contributed by atoms with Gasteiger partial charge in [-0.3, -0.25) is 4.98 Å². The van der Waals surface area contributed by atoms with Crippen molar-refractivity contribution in [3.8, 4) is 6.07 Å². The standard InChI is InChI=1S/C23H13ClF3N9/c24-16-4-13(33-21(18-10-32-36-35-18)11-1-2-19(26)29-7-11)3-15-20(12(6-28)8-30-22(15)16)34-14-5-17(25)23(27)31-9-14/h1-5,7-10,21,33H,(H,30,34)(H,32,35,36)/t21-/m0/s1. The predicted molar refractivity (Wildman–Crippen MR) is 125 cm³/mol. The van der Waals surface area contributed by atoms with E-state index >= 15 is 0 Å². The van der Waals surface area contributed by atoms with Gasteiger partial charge in [-0.25, -0.2) is 14.4 Å². The number of anilines is 3. The van der Waals surface area contributed by atoms with Gasteiger partial charge in [-0.15, -0.1) is 0 Å². The van der Waals surface area contributed by atoms with Crippen LogP contribution in [-0.2, 0) is 0 Å². The quantitative estimate of drug-likeness (QED) is 0.273. The van der Waals surface area contributed by atoms with Crippen molar-refractivity contribution in [1.29, 1.82) is 5.26 Å². The molecule has 0 saturated carbocycles. The molecule has 0 amide bonds. The molecule has 1 aromatic carbocycles. The number of aromatic amines is 1. The summed E-state index contributed by atoms with van der Waals surface area (Å²) in [4.78, 5) is 11.3. The second-order valence-electron chi connectivity index (χ2n) is 7.52. The van der Waals surface area contributed by atoms with Gasteiger partial charge in [-0.1, -0.05) is 17.7 Å². The number of rotatable bonds is 6. The average molecular weight is 508 g/mol. The fourth-order valence-corrected chi connectivity index (χ4v) is 3.87. The monoisotopic (exact) mass is 507 g/mol. The van der Waals surface area contributed by atoms with E-state index in [0.717, 1.165) is 12.3 Å². The van der Waals surface area contributed by atoms with Gasteiger partial charge in [-0.05, 0) is 23.8 Å². The lowest BCUT2D eigenvalue weighted by Gasteiger charge is -2.19. The molecule has 3 N–H and O–H groups in total. The zero-order chi connectivity index (χ0) is 25.2. The molecule has 0 unspecified atom stereocenters. The van der Waals surface area contributed by atoms with E-state index in [0.29, 0.717) is 27.8 Å². The normalized spacial score (nSPS) is 11.8. The van der Waals surface area contributed by atoms with Gasteiger partial charge >= 0.3 is 0 Å². The van der Waals surface area contributed by atoms with Gasteiger partial charge in [0, 0.05) is 29.5 Å². The highest BCUT2D eigenvalue weighted by Crippen LogP contribution is 2.36. The van der Waals surface area contributed by atoms with Crippen molar-refractivity contribution in [3.05, 3.63) is 94.7 Å². The fourth-order valence-electron chi connectivity index (χ4n) is 3.60. The summed E-state index contributed by atoms with van der Waals surface area (Å²) in [6.07, 6.45) is 5.28. The Labute approximate surface area is 206 Å². The Hall–Kier alpha value is -4.76. The lowest BCUT2D eigenvalue weighted by Crippen LogP contribution is -2.13. The maximum Gasteiger partial charge on any atom is 0.249 e. The van der Waals surface area contributed by atoms with Crippen LogP contribution in [0.25, 0.3) is 10.9 Å². The number of hydrogen-bond donors (Lipinski definition) is 3. The van der Waals surface area contributed by atoms with Gasteiger partial charge in [0.15, 0.2) is 5.82 Å². The summed E-state index contributed by atoms with van der Waals surface area (Å²) >= 11 is 6.52. The number of halogens is 4. The zero-order valence-corrected chi connectivity index (χ0v) is 18.7. The number of benzene rings is 1. The highest BCUT2D eigenvalue weighted by Gasteiger charge is 2.20. The van der Waals surface area contributed by atoms with Gasteiger partial charge < -0.3 is 10.6 Å². The average Bonchev–Trinajstić information content (AvgIpc) is 3.40. The summed E-state index contributed by atoms with van der Waals surface area (Å²) in [5.74, 6) is -3.03. The molecule has 0 aliphatic heterocycles. The van der Waals surface area contributed by atoms with Gasteiger partial charge in [0.05, 0.1) is 45.9 Å². The van der Waals surface area contributed by atoms with Crippen LogP contribution in [0.3, 0.4) is 0 Å². The van der Waals surface area contributed by atoms with Crippen LogP contribution >= 0.6 is 11.6 Å².